The first-order valence-corrected chi connectivity index (χ1v) is 8.16. The van der Waals surface area contributed by atoms with Crippen molar-refractivity contribution in [3.8, 4) is 0 Å². The van der Waals surface area contributed by atoms with Crippen LogP contribution in [0, 0.1) is 0 Å². The maximum absolute atomic E-state index is 12.4. The fourth-order valence-corrected chi connectivity index (χ4v) is 2.64. The van der Waals surface area contributed by atoms with Gasteiger partial charge in [-0.05, 0) is 43.8 Å². The third-order valence-electron chi connectivity index (χ3n) is 4.28. The molecule has 0 radical (unpaired) electrons. The second-order valence-electron chi connectivity index (χ2n) is 6.12. The van der Waals surface area contributed by atoms with E-state index in [1.807, 2.05) is 44.4 Å². The van der Waals surface area contributed by atoms with Gasteiger partial charge in [0, 0.05) is 31.5 Å². The summed E-state index contributed by atoms with van der Waals surface area (Å²) in [4.78, 5) is 18.7. The number of hydrogen-bond acceptors (Lipinski definition) is 4. The number of rotatable bonds is 6. The van der Waals surface area contributed by atoms with Crippen molar-refractivity contribution in [1.82, 2.24) is 14.5 Å². The summed E-state index contributed by atoms with van der Waals surface area (Å²) in [6, 6.07) is 11.6. The van der Waals surface area contributed by atoms with Gasteiger partial charge in [-0.2, -0.15) is 0 Å². The zero-order valence-corrected chi connectivity index (χ0v) is 14.6. The van der Waals surface area contributed by atoms with Crippen LogP contribution in [0.5, 0.6) is 0 Å². The second kappa shape index (κ2) is 7.36. The molecule has 25 heavy (non-hydrogen) atoms. The minimum absolute atomic E-state index is 0.153. The van der Waals surface area contributed by atoms with Crippen LogP contribution in [0.15, 0.2) is 59.5 Å². The number of carbonyl (C=O) groups is 1. The summed E-state index contributed by atoms with van der Waals surface area (Å²) in [5.41, 5.74) is 1.67. The molecule has 2 aromatic heterocycles. The van der Waals surface area contributed by atoms with Crippen LogP contribution in [-0.4, -0.2) is 27.4 Å². The number of nitrogens with one attached hydrogen (secondary N) is 1. The van der Waals surface area contributed by atoms with E-state index in [4.69, 9.17) is 4.42 Å². The second-order valence-corrected chi connectivity index (χ2v) is 6.12. The number of aromatic nitrogens is 2. The summed E-state index contributed by atoms with van der Waals surface area (Å²) in [6.07, 6.45) is 5.12. The molecule has 3 aromatic rings. The smallest absolute Gasteiger partial charge is 0.257 e. The third-order valence-corrected chi connectivity index (χ3v) is 4.28. The molecule has 2 heterocycles. The summed E-state index contributed by atoms with van der Waals surface area (Å²) in [5.74, 6) is 1.28. The first-order valence-electron chi connectivity index (χ1n) is 8.16. The van der Waals surface area contributed by atoms with Gasteiger partial charge in [0.1, 0.15) is 5.76 Å². The molecule has 0 saturated carbocycles. The van der Waals surface area contributed by atoms with Gasteiger partial charge in [-0.1, -0.05) is 12.1 Å². The van der Waals surface area contributed by atoms with E-state index < -0.39 is 0 Å². The van der Waals surface area contributed by atoms with Crippen molar-refractivity contribution in [1.29, 1.82) is 0 Å². The van der Waals surface area contributed by atoms with Crippen LogP contribution in [0.25, 0.3) is 0 Å². The average Bonchev–Trinajstić information content (AvgIpc) is 3.27. The fourth-order valence-electron chi connectivity index (χ4n) is 2.64. The summed E-state index contributed by atoms with van der Waals surface area (Å²) in [6.45, 7) is 2.81. The van der Waals surface area contributed by atoms with Gasteiger partial charge in [-0.3, -0.25) is 15.0 Å². The number of aryl methyl sites for hydroxylation is 1. The van der Waals surface area contributed by atoms with Crippen LogP contribution in [-0.2, 0) is 13.6 Å². The van der Waals surface area contributed by atoms with E-state index in [1.165, 1.54) is 0 Å². The van der Waals surface area contributed by atoms with E-state index in [0.29, 0.717) is 18.1 Å². The number of anilines is 1. The van der Waals surface area contributed by atoms with Crippen LogP contribution in [0.3, 0.4) is 0 Å². The van der Waals surface area contributed by atoms with Gasteiger partial charge in [0.25, 0.3) is 5.91 Å². The molecule has 0 aliphatic rings. The molecule has 6 nitrogen and oxygen atoms in total. The minimum Gasteiger partial charge on any atom is -0.468 e. The van der Waals surface area contributed by atoms with E-state index in [0.717, 1.165) is 11.3 Å². The van der Waals surface area contributed by atoms with Crippen molar-refractivity contribution in [2.75, 3.05) is 12.4 Å². The average molecular weight is 338 g/mol. The molecule has 3 rings (SSSR count). The van der Waals surface area contributed by atoms with Crippen molar-refractivity contribution in [3.05, 3.63) is 71.9 Å². The Morgan fingerprint density at radius 1 is 1.36 bits per heavy atom. The molecule has 0 aliphatic carbocycles. The molecule has 1 N–H and O–H groups in total. The van der Waals surface area contributed by atoms with E-state index in [1.54, 1.807) is 29.3 Å². The van der Waals surface area contributed by atoms with E-state index >= 15 is 0 Å². The van der Waals surface area contributed by atoms with Crippen molar-refractivity contribution in [2.24, 2.45) is 7.05 Å². The Kier molecular flexibility index (Phi) is 5.00. The highest BCUT2D eigenvalue weighted by atomic mass is 16.3. The highest BCUT2D eigenvalue weighted by Gasteiger charge is 2.15. The van der Waals surface area contributed by atoms with Gasteiger partial charge in [-0.25, -0.2) is 4.98 Å². The molecular weight excluding hydrogens is 316 g/mol. The topological polar surface area (TPSA) is 63.3 Å². The van der Waals surface area contributed by atoms with Gasteiger partial charge >= 0.3 is 0 Å². The Labute approximate surface area is 147 Å². The minimum atomic E-state index is -0.169. The number of imidazole rings is 1. The van der Waals surface area contributed by atoms with Crippen molar-refractivity contribution < 1.29 is 9.21 Å². The third kappa shape index (κ3) is 3.97. The fraction of sp³-hybridized carbons (Fsp3) is 0.263. The molecule has 1 atom stereocenters. The molecule has 1 amide bonds. The maximum Gasteiger partial charge on any atom is 0.257 e. The molecule has 0 bridgehead atoms. The zero-order valence-electron chi connectivity index (χ0n) is 14.6. The summed E-state index contributed by atoms with van der Waals surface area (Å²) >= 11 is 0. The highest BCUT2D eigenvalue weighted by Crippen LogP contribution is 2.21. The molecule has 130 valence electrons. The lowest BCUT2D eigenvalue weighted by Crippen LogP contribution is -2.22. The molecule has 0 unspecified atom stereocenters. The first-order chi connectivity index (χ1) is 12.0. The lowest BCUT2D eigenvalue weighted by atomic mass is 10.1. The largest absolute Gasteiger partial charge is 0.468 e. The van der Waals surface area contributed by atoms with Gasteiger partial charge in [0.05, 0.1) is 12.3 Å². The van der Waals surface area contributed by atoms with Crippen LogP contribution < -0.4 is 5.32 Å². The van der Waals surface area contributed by atoms with Gasteiger partial charge in [-0.15, -0.1) is 0 Å². The summed E-state index contributed by atoms with van der Waals surface area (Å²) in [7, 11) is 3.87. The normalized spacial score (nSPS) is 12.3. The first kappa shape index (κ1) is 17.0. The molecule has 0 fully saturated rings. The lowest BCUT2D eigenvalue weighted by Gasteiger charge is -2.23. The van der Waals surface area contributed by atoms with Crippen molar-refractivity contribution in [2.45, 2.75) is 19.5 Å². The number of hydrogen-bond donors (Lipinski definition) is 1. The monoisotopic (exact) mass is 338 g/mol. The van der Waals surface area contributed by atoms with Gasteiger partial charge in [0.15, 0.2) is 0 Å². The number of amides is 1. The molecule has 6 heteroatoms. The SMILES string of the molecule is C[C@H](c1ccco1)N(C)Cc1cccc(C(=O)Nc2nccn2C)c1. The standard InChI is InChI=1S/C19H22N4O2/c1-14(17-8-5-11-25-17)23(3)13-15-6-4-7-16(12-15)18(24)21-19-20-9-10-22(19)2/h4-12,14H,13H2,1-3H3,(H,20,21,24)/t14-/m1/s1. The van der Waals surface area contributed by atoms with Crippen LogP contribution in [0.4, 0.5) is 5.95 Å². The van der Waals surface area contributed by atoms with Crippen LogP contribution in [0.1, 0.15) is 34.6 Å². The van der Waals surface area contributed by atoms with Crippen molar-refractivity contribution >= 4 is 11.9 Å². The van der Waals surface area contributed by atoms with Gasteiger partial charge < -0.3 is 8.98 Å². The number of benzene rings is 1. The van der Waals surface area contributed by atoms with Crippen LogP contribution in [0.2, 0.25) is 0 Å². The van der Waals surface area contributed by atoms with Crippen LogP contribution >= 0.6 is 0 Å². The van der Waals surface area contributed by atoms with Gasteiger partial charge in [0.2, 0.25) is 5.95 Å². The molecule has 1 aromatic carbocycles. The predicted octanol–water partition coefficient (Wildman–Crippen LogP) is 3.46. The van der Waals surface area contributed by atoms with E-state index in [9.17, 15) is 4.79 Å². The number of nitrogens with zero attached hydrogens (tertiary/aromatic N) is 3. The molecule has 0 aliphatic heterocycles. The Bertz CT molecular complexity index is 839. The number of carbonyl (C=O) groups excluding carboxylic acids is 1. The predicted molar refractivity (Wildman–Crippen MR) is 96.2 cm³/mol. The summed E-state index contributed by atoms with van der Waals surface area (Å²) in [5, 5.41) is 2.82. The Hall–Kier alpha value is -2.86. The Morgan fingerprint density at radius 3 is 2.88 bits per heavy atom. The molecular formula is C19H22N4O2. The Balaban J connectivity index is 1.68. The Morgan fingerprint density at radius 2 is 2.20 bits per heavy atom. The lowest BCUT2D eigenvalue weighted by molar-refractivity contribution is 0.102. The molecule has 0 spiro atoms. The molecule has 0 saturated heterocycles. The zero-order chi connectivity index (χ0) is 17.8. The highest BCUT2D eigenvalue weighted by molar-refractivity contribution is 6.03. The summed E-state index contributed by atoms with van der Waals surface area (Å²) < 4.78 is 7.24. The van der Waals surface area contributed by atoms with E-state index in [-0.39, 0.29) is 11.9 Å². The van der Waals surface area contributed by atoms with E-state index in [2.05, 4.69) is 22.1 Å². The number of furan rings is 1. The van der Waals surface area contributed by atoms with Crippen molar-refractivity contribution in [3.63, 3.8) is 0 Å². The quantitative estimate of drug-likeness (QED) is 0.748. The maximum atomic E-state index is 12.4.